The Hall–Kier alpha value is -1.10. The van der Waals surface area contributed by atoms with Crippen LogP contribution in [0.1, 0.15) is 51.9 Å². The first-order valence-corrected chi connectivity index (χ1v) is 6.81. The minimum Gasteiger partial charge on any atom is -0.480 e. The van der Waals surface area contributed by atoms with Crippen molar-refractivity contribution < 1.29 is 14.7 Å². The lowest BCUT2D eigenvalue weighted by Crippen LogP contribution is -2.44. The zero-order chi connectivity index (χ0) is 13.5. The molecule has 1 amide bonds. The zero-order valence-corrected chi connectivity index (χ0v) is 11.1. The molecule has 1 saturated carbocycles. The highest BCUT2D eigenvalue weighted by molar-refractivity contribution is 5.82. The Morgan fingerprint density at radius 3 is 2.50 bits per heavy atom. The molecule has 0 aromatic rings. The van der Waals surface area contributed by atoms with Crippen LogP contribution in [0, 0.1) is 0 Å². The second kappa shape index (κ2) is 7.36. The Bertz CT molecular complexity index is 288. The lowest BCUT2D eigenvalue weighted by molar-refractivity contribution is -0.146. The summed E-state index contributed by atoms with van der Waals surface area (Å²) in [4.78, 5) is 24.5. The van der Waals surface area contributed by atoms with Gasteiger partial charge >= 0.3 is 5.97 Å². The van der Waals surface area contributed by atoms with Crippen molar-refractivity contribution in [3.05, 3.63) is 0 Å². The van der Waals surface area contributed by atoms with Crippen LogP contribution in [0.25, 0.3) is 0 Å². The van der Waals surface area contributed by atoms with Gasteiger partial charge in [0.15, 0.2) is 0 Å². The molecule has 5 heteroatoms. The van der Waals surface area contributed by atoms with Gasteiger partial charge in [-0.25, -0.2) is 0 Å². The summed E-state index contributed by atoms with van der Waals surface area (Å²) in [7, 11) is 0. The third-order valence-corrected chi connectivity index (χ3v) is 3.49. The molecule has 0 spiro atoms. The summed E-state index contributed by atoms with van der Waals surface area (Å²) in [5.41, 5.74) is 5.86. The molecule has 1 aliphatic rings. The average Bonchev–Trinajstić information content (AvgIpc) is 2.78. The summed E-state index contributed by atoms with van der Waals surface area (Å²) in [5.74, 6) is -1.05. The Balaban J connectivity index is 2.57. The predicted molar refractivity (Wildman–Crippen MR) is 69.1 cm³/mol. The number of hydrogen-bond donors (Lipinski definition) is 2. The van der Waals surface area contributed by atoms with Crippen LogP contribution < -0.4 is 5.73 Å². The summed E-state index contributed by atoms with van der Waals surface area (Å²) in [5, 5.41) is 8.91. The second-order valence-electron chi connectivity index (χ2n) is 5.11. The van der Waals surface area contributed by atoms with Gasteiger partial charge in [-0.15, -0.1) is 0 Å². The summed E-state index contributed by atoms with van der Waals surface area (Å²) >= 11 is 0. The van der Waals surface area contributed by atoms with Crippen molar-refractivity contribution in [2.45, 2.75) is 64.0 Å². The number of nitrogens with zero attached hydrogens (tertiary/aromatic N) is 1. The van der Waals surface area contributed by atoms with Crippen molar-refractivity contribution >= 4 is 11.9 Å². The molecule has 0 radical (unpaired) electrons. The minimum absolute atomic E-state index is 0.0995. The number of nitrogens with two attached hydrogens (primary N) is 1. The van der Waals surface area contributed by atoms with Gasteiger partial charge in [0.1, 0.15) is 6.54 Å². The monoisotopic (exact) mass is 256 g/mol. The van der Waals surface area contributed by atoms with Gasteiger partial charge in [0.2, 0.25) is 5.91 Å². The van der Waals surface area contributed by atoms with Gasteiger partial charge in [0.05, 0.1) is 0 Å². The highest BCUT2D eigenvalue weighted by Crippen LogP contribution is 2.24. The number of hydrogen-bond acceptors (Lipinski definition) is 3. The third kappa shape index (κ3) is 4.64. The molecule has 0 heterocycles. The lowest BCUT2D eigenvalue weighted by atomic mass is 10.1. The Morgan fingerprint density at radius 1 is 1.39 bits per heavy atom. The molecule has 1 fully saturated rings. The first kappa shape index (κ1) is 15.0. The highest BCUT2D eigenvalue weighted by atomic mass is 16.4. The molecule has 1 rings (SSSR count). The number of carboxylic acid groups (broad SMARTS) is 1. The van der Waals surface area contributed by atoms with E-state index >= 15 is 0 Å². The van der Waals surface area contributed by atoms with Crippen molar-refractivity contribution in [3.8, 4) is 0 Å². The third-order valence-electron chi connectivity index (χ3n) is 3.49. The van der Waals surface area contributed by atoms with Crippen LogP contribution in [0.4, 0.5) is 0 Å². The summed E-state index contributed by atoms with van der Waals surface area (Å²) in [6.07, 6.45) is 6.00. The molecule has 0 aliphatic heterocycles. The van der Waals surface area contributed by atoms with Crippen LogP contribution in [0.15, 0.2) is 0 Å². The Morgan fingerprint density at radius 2 is 2.00 bits per heavy atom. The number of amides is 1. The molecule has 18 heavy (non-hydrogen) atoms. The summed E-state index contributed by atoms with van der Waals surface area (Å²) in [6.45, 7) is 1.83. The van der Waals surface area contributed by atoms with E-state index < -0.39 is 5.97 Å². The van der Waals surface area contributed by atoms with Crippen LogP contribution in [-0.4, -0.2) is 40.5 Å². The van der Waals surface area contributed by atoms with Crippen LogP contribution in [0.2, 0.25) is 0 Å². The topological polar surface area (TPSA) is 83.6 Å². The van der Waals surface area contributed by atoms with E-state index in [1.807, 2.05) is 6.92 Å². The number of aliphatic carboxylic acids is 1. The fourth-order valence-corrected chi connectivity index (χ4v) is 2.60. The van der Waals surface area contributed by atoms with E-state index in [0.29, 0.717) is 0 Å². The highest BCUT2D eigenvalue weighted by Gasteiger charge is 2.28. The molecule has 104 valence electrons. The standard InChI is InChI=1S/C13H24N2O3/c1-2-5-10(14)8-12(16)15(9-13(17)18)11-6-3-4-7-11/h10-11H,2-9,14H2,1H3,(H,17,18). The summed E-state index contributed by atoms with van der Waals surface area (Å²) < 4.78 is 0. The quantitative estimate of drug-likeness (QED) is 0.720. The average molecular weight is 256 g/mol. The number of carbonyl (C=O) groups is 2. The largest absolute Gasteiger partial charge is 0.480 e. The smallest absolute Gasteiger partial charge is 0.323 e. The first-order chi connectivity index (χ1) is 8.54. The zero-order valence-electron chi connectivity index (χ0n) is 11.1. The molecule has 1 unspecified atom stereocenters. The van der Waals surface area contributed by atoms with Crippen molar-refractivity contribution in [2.24, 2.45) is 5.73 Å². The van der Waals surface area contributed by atoms with E-state index in [1.165, 1.54) is 4.90 Å². The maximum Gasteiger partial charge on any atom is 0.323 e. The van der Waals surface area contributed by atoms with Crippen molar-refractivity contribution in [2.75, 3.05) is 6.54 Å². The summed E-state index contributed by atoms with van der Waals surface area (Å²) in [6, 6.07) is -0.0531. The maximum atomic E-state index is 12.1. The molecule has 0 aromatic carbocycles. The Kier molecular flexibility index (Phi) is 6.12. The molecular formula is C13H24N2O3. The number of carbonyl (C=O) groups excluding carboxylic acids is 1. The van der Waals surface area contributed by atoms with E-state index in [0.717, 1.165) is 38.5 Å². The molecule has 0 aromatic heterocycles. The van der Waals surface area contributed by atoms with Crippen LogP contribution in [0.3, 0.4) is 0 Å². The second-order valence-corrected chi connectivity index (χ2v) is 5.11. The predicted octanol–water partition coefficient (Wildman–Crippen LogP) is 1.36. The SMILES string of the molecule is CCCC(N)CC(=O)N(CC(=O)O)C1CCCC1. The minimum atomic E-state index is -0.945. The molecule has 1 aliphatic carbocycles. The number of carboxylic acids is 1. The van der Waals surface area contributed by atoms with E-state index in [-0.39, 0.29) is 31.0 Å². The molecule has 5 nitrogen and oxygen atoms in total. The fourth-order valence-electron chi connectivity index (χ4n) is 2.60. The van der Waals surface area contributed by atoms with E-state index in [1.54, 1.807) is 0 Å². The Labute approximate surface area is 108 Å². The molecular weight excluding hydrogens is 232 g/mol. The van der Waals surface area contributed by atoms with E-state index in [2.05, 4.69) is 0 Å². The van der Waals surface area contributed by atoms with Crippen LogP contribution >= 0.6 is 0 Å². The van der Waals surface area contributed by atoms with E-state index in [4.69, 9.17) is 10.8 Å². The molecule has 1 atom stereocenters. The van der Waals surface area contributed by atoms with E-state index in [9.17, 15) is 9.59 Å². The van der Waals surface area contributed by atoms with Crippen molar-refractivity contribution in [1.82, 2.24) is 4.90 Å². The normalized spacial score (nSPS) is 17.7. The van der Waals surface area contributed by atoms with Gasteiger partial charge in [0.25, 0.3) is 0 Å². The molecule has 0 bridgehead atoms. The van der Waals surface area contributed by atoms with Gasteiger partial charge in [-0.2, -0.15) is 0 Å². The molecule has 0 saturated heterocycles. The van der Waals surface area contributed by atoms with Gasteiger partial charge in [-0.3, -0.25) is 9.59 Å². The van der Waals surface area contributed by atoms with Crippen LogP contribution in [-0.2, 0) is 9.59 Å². The lowest BCUT2D eigenvalue weighted by Gasteiger charge is -2.28. The number of rotatable bonds is 7. The van der Waals surface area contributed by atoms with Gasteiger partial charge < -0.3 is 15.7 Å². The van der Waals surface area contributed by atoms with Gasteiger partial charge in [-0.05, 0) is 19.3 Å². The van der Waals surface area contributed by atoms with Crippen molar-refractivity contribution in [3.63, 3.8) is 0 Å². The fraction of sp³-hybridized carbons (Fsp3) is 0.846. The first-order valence-electron chi connectivity index (χ1n) is 6.81. The van der Waals surface area contributed by atoms with Gasteiger partial charge in [0, 0.05) is 18.5 Å². The maximum absolute atomic E-state index is 12.1. The van der Waals surface area contributed by atoms with Crippen molar-refractivity contribution in [1.29, 1.82) is 0 Å². The van der Waals surface area contributed by atoms with Gasteiger partial charge in [-0.1, -0.05) is 26.2 Å². The molecule has 3 N–H and O–H groups in total. The van der Waals surface area contributed by atoms with Crippen LogP contribution in [0.5, 0.6) is 0 Å².